The second-order valence-corrected chi connectivity index (χ2v) is 4.58. The maximum Gasteiger partial charge on any atom is 0.00506 e. The SMILES string of the molecule is CCNC(C)CCNCCC1CCC1. The molecule has 0 bridgehead atoms. The first-order chi connectivity index (χ1) is 6.83. The van der Waals surface area contributed by atoms with Crippen LogP contribution in [0.5, 0.6) is 0 Å². The van der Waals surface area contributed by atoms with Crippen molar-refractivity contribution in [1.29, 1.82) is 0 Å². The van der Waals surface area contributed by atoms with Crippen LogP contribution in [0.2, 0.25) is 0 Å². The highest BCUT2D eigenvalue weighted by atomic mass is 14.9. The van der Waals surface area contributed by atoms with Crippen LogP contribution in [-0.4, -0.2) is 25.7 Å². The zero-order valence-corrected chi connectivity index (χ0v) is 9.81. The van der Waals surface area contributed by atoms with Crippen LogP contribution in [0.1, 0.15) is 46.0 Å². The molecule has 2 N–H and O–H groups in total. The molecule has 0 heterocycles. The van der Waals surface area contributed by atoms with Crippen molar-refractivity contribution in [1.82, 2.24) is 10.6 Å². The van der Waals surface area contributed by atoms with Crippen LogP contribution >= 0.6 is 0 Å². The lowest BCUT2D eigenvalue weighted by atomic mass is 9.83. The zero-order chi connectivity index (χ0) is 10.2. The molecule has 1 rings (SSSR count). The number of hydrogen-bond donors (Lipinski definition) is 2. The van der Waals surface area contributed by atoms with Gasteiger partial charge in [-0.1, -0.05) is 26.2 Å². The lowest BCUT2D eigenvalue weighted by Gasteiger charge is -2.25. The van der Waals surface area contributed by atoms with Gasteiger partial charge in [-0.25, -0.2) is 0 Å². The lowest BCUT2D eigenvalue weighted by Crippen LogP contribution is -2.30. The van der Waals surface area contributed by atoms with Gasteiger partial charge in [-0.15, -0.1) is 0 Å². The molecule has 2 heteroatoms. The maximum atomic E-state index is 3.53. The summed E-state index contributed by atoms with van der Waals surface area (Å²) in [6.45, 7) is 7.91. The molecular formula is C12H26N2. The van der Waals surface area contributed by atoms with Crippen LogP contribution in [-0.2, 0) is 0 Å². The minimum absolute atomic E-state index is 0.663. The van der Waals surface area contributed by atoms with Crippen molar-refractivity contribution in [2.24, 2.45) is 5.92 Å². The lowest BCUT2D eigenvalue weighted by molar-refractivity contribution is 0.291. The summed E-state index contributed by atoms with van der Waals surface area (Å²) in [5.74, 6) is 1.05. The molecule has 1 aliphatic carbocycles. The van der Waals surface area contributed by atoms with Gasteiger partial charge in [0.15, 0.2) is 0 Å². The fourth-order valence-electron chi connectivity index (χ4n) is 1.98. The summed E-state index contributed by atoms with van der Waals surface area (Å²) in [5.41, 5.74) is 0. The van der Waals surface area contributed by atoms with Gasteiger partial charge >= 0.3 is 0 Å². The first-order valence-electron chi connectivity index (χ1n) is 6.27. The van der Waals surface area contributed by atoms with Crippen LogP contribution in [0, 0.1) is 5.92 Å². The molecule has 0 aromatic carbocycles. The molecule has 0 spiro atoms. The third-order valence-electron chi connectivity index (χ3n) is 3.26. The Morgan fingerprint density at radius 1 is 1.29 bits per heavy atom. The van der Waals surface area contributed by atoms with E-state index in [0.717, 1.165) is 12.5 Å². The predicted octanol–water partition coefficient (Wildman–Crippen LogP) is 2.15. The predicted molar refractivity (Wildman–Crippen MR) is 62.6 cm³/mol. The first-order valence-corrected chi connectivity index (χ1v) is 6.27. The highest BCUT2D eigenvalue weighted by molar-refractivity contribution is 4.70. The zero-order valence-electron chi connectivity index (χ0n) is 9.81. The molecule has 1 fully saturated rings. The van der Waals surface area contributed by atoms with Crippen molar-refractivity contribution >= 4 is 0 Å². The van der Waals surface area contributed by atoms with E-state index in [2.05, 4.69) is 24.5 Å². The Kier molecular flexibility index (Phi) is 6.20. The van der Waals surface area contributed by atoms with Gasteiger partial charge in [-0.2, -0.15) is 0 Å². The summed E-state index contributed by atoms with van der Waals surface area (Å²) in [7, 11) is 0. The molecule has 0 saturated heterocycles. The molecule has 84 valence electrons. The van der Waals surface area contributed by atoms with Gasteiger partial charge in [0.25, 0.3) is 0 Å². The van der Waals surface area contributed by atoms with E-state index in [-0.39, 0.29) is 0 Å². The Morgan fingerprint density at radius 2 is 2.07 bits per heavy atom. The van der Waals surface area contributed by atoms with Gasteiger partial charge in [-0.05, 0) is 45.3 Å². The summed E-state index contributed by atoms with van der Waals surface area (Å²) in [6, 6.07) is 0.663. The highest BCUT2D eigenvalue weighted by Crippen LogP contribution is 2.28. The molecule has 2 nitrogen and oxygen atoms in total. The normalized spacial score (nSPS) is 19.3. The molecule has 1 aliphatic rings. The Hall–Kier alpha value is -0.0800. The fourth-order valence-corrected chi connectivity index (χ4v) is 1.98. The van der Waals surface area contributed by atoms with Crippen LogP contribution in [0.4, 0.5) is 0 Å². The van der Waals surface area contributed by atoms with Crippen molar-refractivity contribution in [2.45, 2.75) is 52.0 Å². The topological polar surface area (TPSA) is 24.1 Å². The van der Waals surface area contributed by atoms with Gasteiger partial charge in [-0.3, -0.25) is 0 Å². The molecule has 0 aromatic rings. The van der Waals surface area contributed by atoms with E-state index in [1.54, 1.807) is 0 Å². The molecule has 0 amide bonds. The fraction of sp³-hybridized carbons (Fsp3) is 1.00. The number of nitrogens with one attached hydrogen (secondary N) is 2. The summed E-state index contributed by atoms with van der Waals surface area (Å²) < 4.78 is 0. The first kappa shape index (κ1) is 12.0. The second kappa shape index (κ2) is 7.24. The summed E-state index contributed by atoms with van der Waals surface area (Å²) >= 11 is 0. The number of hydrogen-bond acceptors (Lipinski definition) is 2. The maximum absolute atomic E-state index is 3.53. The summed E-state index contributed by atoms with van der Waals surface area (Å²) in [6.07, 6.45) is 7.08. The Bertz CT molecular complexity index is 132. The molecule has 0 aromatic heterocycles. The quantitative estimate of drug-likeness (QED) is 0.584. The summed E-state index contributed by atoms with van der Waals surface area (Å²) in [4.78, 5) is 0. The monoisotopic (exact) mass is 198 g/mol. The van der Waals surface area contributed by atoms with Crippen molar-refractivity contribution in [3.63, 3.8) is 0 Å². The number of rotatable bonds is 8. The Balaban J connectivity index is 1.78. The van der Waals surface area contributed by atoms with E-state index in [1.165, 1.54) is 45.2 Å². The van der Waals surface area contributed by atoms with E-state index >= 15 is 0 Å². The van der Waals surface area contributed by atoms with Crippen LogP contribution in [0.25, 0.3) is 0 Å². The Labute approximate surface area is 88.8 Å². The van der Waals surface area contributed by atoms with Gasteiger partial charge < -0.3 is 10.6 Å². The average molecular weight is 198 g/mol. The largest absolute Gasteiger partial charge is 0.317 e. The van der Waals surface area contributed by atoms with E-state index in [1.807, 2.05) is 0 Å². The second-order valence-electron chi connectivity index (χ2n) is 4.58. The molecule has 1 saturated carbocycles. The molecule has 14 heavy (non-hydrogen) atoms. The standard InChI is InChI=1S/C12H26N2/c1-3-14-11(2)7-9-13-10-8-12-5-4-6-12/h11-14H,3-10H2,1-2H3. The minimum atomic E-state index is 0.663. The summed E-state index contributed by atoms with van der Waals surface area (Å²) in [5, 5.41) is 6.96. The molecule has 0 aliphatic heterocycles. The third kappa shape index (κ3) is 4.97. The van der Waals surface area contributed by atoms with Crippen LogP contribution in [0.3, 0.4) is 0 Å². The molecular weight excluding hydrogens is 172 g/mol. The third-order valence-corrected chi connectivity index (χ3v) is 3.26. The van der Waals surface area contributed by atoms with E-state index < -0.39 is 0 Å². The van der Waals surface area contributed by atoms with Crippen LogP contribution < -0.4 is 10.6 Å². The van der Waals surface area contributed by atoms with E-state index in [9.17, 15) is 0 Å². The highest BCUT2D eigenvalue weighted by Gasteiger charge is 2.15. The van der Waals surface area contributed by atoms with Crippen LogP contribution in [0.15, 0.2) is 0 Å². The van der Waals surface area contributed by atoms with Gasteiger partial charge in [0.1, 0.15) is 0 Å². The van der Waals surface area contributed by atoms with Crippen molar-refractivity contribution in [3.8, 4) is 0 Å². The van der Waals surface area contributed by atoms with E-state index in [0.29, 0.717) is 6.04 Å². The van der Waals surface area contributed by atoms with Gasteiger partial charge in [0.05, 0.1) is 0 Å². The molecule has 0 radical (unpaired) electrons. The molecule has 1 unspecified atom stereocenters. The molecule has 1 atom stereocenters. The van der Waals surface area contributed by atoms with Crippen molar-refractivity contribution in [3.05, 3.63) is 0 Å². The van der Waals surface area contributed by atoms with Gasteiger partial charge in [0.2, 0.25) is 0 Å². The minimum Gasteiger partial charge on any atom is -0.317 e. The van der Waals surface area contributed by atoms with E-state index in [4.69, 9.17) is 0 Å². The smallest absolute Gasteiger partial charge is 0.00506 e. The average Bonchev–Trinajstić information content (AvgIpc) is 2.08. The van der Waals surface area contributed by atoms with Gasteiger partial charge in [0, 0.05) is 6.04 Å². The Morgan fingerprint density at radius 3 is 2.64 bits per heavy atom. The van der Waals surface area contributed by atoms with Crippen molar-refractivity contribution in [2.75, 3.05) is 19.6 Å². The van der Waals surface area contributed by atoms with Crippen molar-refractivity contribution < 1.29 is 0 Å².